The van der Waals surface area contributed by atoms with Crippen molar-refractivity contribution >= 4 is 45.2 Å². The Kier molecular flexibility index (Phi) is 6.95. The van der Waals surface area contributed by atoms with E-state index >= 15 is 0 Å². The first-order valence-electron chi connectivity index (χ1n) is 6.24. The van der Waals surface area contributed by atoms with Gasteiger partial charge in [0, 0.05) is 11.0 Å². The molecule has 1 aromatic rings. The Hall–Kier alpha value is -1.14. The number of carbonyl (C=O) groups excluding carboxylic acids is 2. The van der Waals surface area contributed by atoms with Crippen LogP contribution in [0.3, 0.4) is 0 Å². The molecule has 0 saturated carbocycles. The van der Waals surface area contributed by atoms with Crippen molar-refractivity contribution in [1.82, 2.24) is 5.32 Å². The monoisotopic (exact) mass is 359 g/mol. The van der Waals surface area contributed by atoms with Gasteiger partial charge in [0.25, 0.3) is 0 Å². The average molecular weight is 360 g/mol. The van der Waals surface area contributed by atoms with Gasteiger partial charge in [0.15, 0.2) is 0 Å². The molecule has 0 spiro atoms. The summed E-state index contributed by atoms with van der Waals surface area (Å²) < 4.78 is 5.70. The lowest BCUT2D eigenvalue weighted by Crippen LogP contribution is -2.41. The highest BCUT2D eigenvalue weighted by atomic mass is 79.9. The first-order valence-corrected chi connectivity index (χ1v) is 7.85. The number of hydrogen-bond donors (Lipinski definition) is 1. The number of thiophene rings is 1. The standard InChI is InChI=1S/C14H18BrNO3S/c1-9(2)8-11(14(18)19-3)16-13(17)7-5-10-4-6-12(15)20-10/h4-7,9,11H,8H2,1-3H3,(H,16,17)/b7-5+/t11-/m0/s1. The second kappa shape index (κ2) is 8.21. The second-order valence-electron chi connectivity index (χ2n) is 4.69. The van der Waals surface area contributed by atoms with Crippen molar-refractivity contribution in [3.05, 3.63) is 26.9 Å². The van der Waals surface area contributed by atoms with Gasteiger partial charge in [-0.05, 0) is 46.5 Å². The van der Waals surface area contributed by atoms with Crippen molar-refractivity contribution in [3.63, 3.8) is 0 Å². The highest BCUT2D eigenvalue weighted by Crippen LogP contribution is 2.22. The number of rotatable bonds is 6. The summed E-state index contributed by atoms with van der Waals surface area (Å²) in [6.45, 7) is 3.97. The van der Waals surface area contributed by atoms with Crippen LogP contribution in [0.2, 0.25) is 0 Å². The Morgan fingerprint density at radius 3 is 2.65 bits per heavy atom. The molecule has 0 unspecified atom stereocenters. The number of amides is 1. The van der Waals surface area contributed by atoms with E-state index in [4.69, 9.17) is 4.74 Å². The maximum Gasteiger partial charge on any atom is 0.328 e. The zero-order chi connectivity index (χ0) is 15.1. The predicted octanol–water partition coefficient (Wildman–Crippen LogP) is 3.23. The lowest BCUT2D eigenvalue weighted by atomic mass is 10.0. The van der Waals surface area contributed by atoms with Gasteiger partial charge in [0.05, 0.1) is 10.9 Å². The third kappa shape index (κ3) is 5.88. The van der Waals surface area contributed by atoms with E-state index in [0.29, 0.717) is 6.42 Å². The van der Waals surface area contributed by atoms with E-state index in [0.717, 1.165) is 8.66 Å². The first kappa shape index (κ1) is 16.9. The van der Waals surface area contributed by atoms with Gasteiger partial charge in [-0.25, -0.2) is 4.79 Å². The fourth-order valence-electron chi connectivity index (χ4n) is 1.62. The summed E-state index contributed by atoms with van der Waals surface area (Å²) in [5.74, 6) is -0.429. The van der Waals surface area contributed by atoms with E-state index in [2.05, 4.69) is 21.2 Å². The molecule has 1 rings (SSSR count). The second-order valence-corrected chi connectivity index (χ2v) is 7.18. The largest absolute Gasteiger partial charge is 0.467 e. The van der Waals surface area contributed by atoms with Crippen molar-refractivity contribution in [3.8, 4) is 0 Å². The Morgan fingerprint density at radius 2 is 2.15 bits per heavy atom. The molecule has 1 heterocycles. The summed E-state index contributed by atoms with van der Waals surface area (Å²) in [6, 6.07) is 3.22. The lowest BCUT2D eigenvalue weighted by Gasteiger charge is -2.17. The van der Waals surface area contributed by atoms with E-state index in [1.807, 2.05) is 26.0 Å². The van der Waals surface area contributed by atoms with Gasteiger partial charge in [0.2, 0.25) is 5.91 Å². The molecule has 0 fully saturated rings. The van der Waals surface area contributed by atoms with E-state index in [-0.39, 0.29) is 11.8 Å². The molecular weight excluding hydrogens is 342 g/mol. The minimum Gasteiger partial charge on any atom is -0.467 e. The van der Waals surface area contributed by atoms with Gasteiger partial charge in [-0.2, -0.15) is 0 Å². The number of ether oxygens (including phenoxy) is 1. The van der Waals surface area contributed by atoms with Crippen LogP contribution in [0.1, 0.15) is 25.1 Å². The lowest BCUT2D eigenvalue weighted by molar-refractivity contribution is -0.145. The number of hydrogen-bond acceptors (Lipinski definition) is 4. The summed E-state index contributed by atoms with van der Waals surface area (Å²) in [5, 5.41) is 2.67. The zero-order valence-corrected chi connectivity index (χ0v) is 14.1. The molecule has 4 nitrogen and oxygen atoms in total. The van der Waals surface area contributed by atoms with Crippen molar-refractivity contribution in [2.45, 2.75) is 26.3 Å². The van der Waals surface area contributed by atoms with Crippen molar-refractivity contribution < 1.29 is 14.3 Å². The molecule has 0 aromatic carbocycles. The number of methoxy groups -OCH3 is 1. The summed E-state index contributed by atoms with van der Waals surface area (Å²) in [4.78, 5) is 24.4. The molecule has 1 aromatic heterocycles. The molecule has 20 heavy (non-hydrogen) atoms. The molecule has 1 amide bonds. The van der Waals surface area contributed by atoms with Crippen LogP contribution in [0.4, 0.5) is 0 Å². The van der Waals surface area contributed by atoms with Crippen LogP contribution in [-0.4, -0.2) is 25.0 Å². The smallest absolute Gasteiger partial charge is 0.328 e. The predicted molar refractivity (Wildman–Crippen MR) is 84.5 cm³/mol. The molecule has 6 heteroatoms. The molecule has 0 aliphatic heterocycles. The summed E-state index contributed by atoms with van der Waals surface area (Å²) >= 11 is 4.89. The molecule has 0 aliphatic rings. The first-order chi connectivity index (χ1) is 9.42. The summed E-state index contributed by atoms with van der Waals surface area (Å²) in [6.07, 6.45) is 3.69. The quantitative estimate of drug-likeness (QED) is 0.626. The third-order valence-corrected chi connectivity index (χ3v) is 4.09. The minimum atomic E-state index is -0.604. The fourth-order valence-corrected chi connectivity index (χ4v) is 2.95. The van der Waals surface area contributed by atoms with E-state index in [1.54, 1.807) is 6.08 Å². The number of carbonyl (C=O) groups is 2. The van der Waals surface area contributed by atoms with Crippen molar-refractivity contribution in [2.24, 2.45) is 5.92 Å². The normalized spacial score (nSPS) is 12.7. The third-order valence-electron chi connectivity index (χ3n) is 2.50. The molecule has 1 N–H and O–H groups in total. The minimum absolute atomic E-state index is 0.289. The van der Waals surface area contributed by atoms with Gasteiger partial charge in [-0.15, -0.1) is 11.3 Å². The van der Waals surface area contributed by atoms with Gasteiger partial charge >= 0.3 is 5.97 Å². The maximum absolute atomic E-state index is 11.8. The SMILES string of the molecule is COC(=O)[C@H](CC(C)C)NC(=O)/C=C/c1ccc(Br)s1. The molecule has 0 radical (unpaired) electrons. The fraction of sp³-hybridized carbons (Fsp3) is 0.429. The van der Waals surface area contributed by atoms with Crippen LogP contribution in [0.5, 0.6) is 0 Å². The number of esters is 1. The van der Waals surface area contributed by atoms with Gasteiger partial charge < -0.3 is 10.1 Å². The van der Waals surface area contributed by atoms with E-state index in [9.17, 15) is 9.59 Å². The van der Waals surface area contributed by atoms with Gasteiger partial charge in [-0.1, -0.05) is 13.8 Å². The maximum atomic E-state index is 11.8. The molecule has 110 valence electrons. The molecule has 0 bridgehead atoms. The Morgan fingerprint density at radius 1 is 1.45 bits per heavy atom. The van der Waals surface area contributed by atoms with Gasteiger partial charge in [-0.3, -0.25) is 4.79 Å². The highest BCUT2D eigenvalue weighted by molar-refractivity contribution is 9.11. The number of nitrogens with one attached hydrogen (secondary N) is 1. The average Bonchev–Trinajstić information content (AvgIpc) is 2.80. The topological polar surface area (TPSA) is 55.4 Å². The molecule has 0 aliphatic carbocycles. The Bertz CT molecular complexity index is 496. The van der Waals surface area contributed by atoms with E-state index < -0.39 is 12.0 Å². The van der Waals surface area contributed by atoms with Crippen LogP contribution in [0.25, 0.3) is 6.08 Å². The Balaban J connectivity index is 2.61. The Labute approximate surface area is 131 Å². The van der Waals surface area contributed by atoms with Crippen LogP contribution >= 0.6 is 27.3 Å². The summed E-state index contributed by atoms with van der Waals surface area (Å²) in [7, 11) is 1.32. The van der Waals surface area contributed by atoms with Crippen LogP contribution in [-0.2, 0) is 14.3 Å². The van der Waals surface area contributed by atoms with Gasteiger partial charge in [0.1, 0.15) is 6.04 Å². The summed E-state index contributed by atoms with van der Waals surface area (Å²) in [5.41, 5.74) is 0. The molecule has 0 saturated heterocycles. The van der Waals surface area contributed by atoms with Crippen LogP contribution in [0.15, 0.2) is 22.0 Å². The molecule has 1 atom stereocenters. The van der Waals surface area contributed by atoms with Crippen molar-refractivity contribution in [2.75, 3.05) is 7.11 Å². The molecular formula is C14H18BrNO3S. The van der Waals surface area contributed by atoms with Crippen LogP contribution in [0, 0.1) is 5.92 Å². The highest BCUT2D eigenvalue weighted by Gasteiger charge is 2.21. The van der Waals surface area contributed by atoms with Crippen LogP contribution < -0.4 is 5.32 Å². The van der Waals surface area contributed by atoms with Crippen molar-refractivity contribution in [1.29, 1.82) is 0 Å². The van der Waals surface area contributed by atoms with E-state index in [1.165, 1.54) is 24.5 Å². The number of halogens is 1. The zero-order valence-electron chi connectivity index (χ0n) is 11.7.